The molecular formula is C25H20BrN5O2. The molecule has 3 aromatic carbocycles. The highest BCUT2D eigenvalue weighted by molar-refractivity contribution is 9.10. The van der Waals surface area contributed by atoms with Gasteiger partial charge >= 0.3 is 0 Å². The zero-order chi connectivity index (χ0) is 22.8. The Balaban J connectivity index is 1.32. The number of benzene rings is 3. The summed E-state index contributed by atoms with van der Waals surface area (Å²) >= 11 is 3.36. The summed E-state index contributed by atoms with van der Waals surface area (Å²) in [6, 6.07) is 21.3. The average molecular weight is 502 g/mol. The predicted molar refractivity (Wildman–Crippen MR) is 131 cm³/mol. The summed E-state index contributed by atoms with van der Waals surface area (Å²) in [4.78, 5) is 29.9. The highest BCUT2D eigenvalue weighted by atomic mass is 79.9. The van der Waals surface area contributed by atoms with Crippen LogP contribution in [0.15, 0.2) is 88.5 Å². The van der Waals surface area contributed by atoms with Gasteiger partial charge in [-0.25, -0.2) is 9.67 Å². The van der Waals surface area contributed by atoms with E-state index < -0.39 is 0 Å². The molecule has 33 heavy (non-hydrogen) atoms. The molecule has 0 aliphatic carbocycles. The van der Waals surface area contributed by atoms with Crippen molar-refractivity contribution in [3.05, 3.63) is 105 Å². The van der Waals surface area contributed by atoms with E-state index in [2.05, 4.69) is 49.5 Å². The summed E-state index contributed by atoms with van der Waals surface area (Å²) in [5.41, 5.74) is 2.00. The van der Waals surface area contributed by atoms with Crippen LogP contribution < -0.4 is 10.9 Å². The van der Waals surface area contributed by atoms with Crippen LogP contribution in [-0.2, 0) is 13.1 Å². The largest absolute Gasteiger partial charge is 0.350 e. The second-order valence-electron chi connectivity index (χ2n) is 7.68. The van der Waals surface area contributed by atoms with Crippen LogP contribution in [-0.4, -0.2) is 31.8 Å². The molecule has 164 valence electrons. The van der Waals surface area contributed by atoms with Gasteiger partial charge in [-0.15, -0.1) is 0 Å². The Bertz CT molecular complexity index is 1520. The van der Waals surface area contributed by atoms with Crippen molar-refractivity contribution < 1.29 is 4.79 Å². The minimum atomic E-state index is -0.163. The lowest BCUT2D eigenvalue weighted by Gasteiger charge is -2.09. The van der Waals surface area contributed by atoms with Gasteiger partial charge in [0.05, 0.1) is 19.3 Å². The molecule has 5 rings (SSSR count). The smallest absolute Gasteiger partial charge is 0.264 e. The van der Waals surface area contributed by atoms with Gasteiger partial charge in [0.1, 0.15) is 11.7 Å². The standard InChI is InChI=1S/C25H20BrN5O2/c26-20-10-8-18(9-11-20)24(32)27-12-13-31-23-22(14-29-31)25(33)30(16-28-23)15-19-6-3-5-17-4-1-2-7-21(17)19/h1-11,14,16H,12-13,15H2,(H,27,32). The summed E-state index contributed by atoms with van der Waals surface area (Å²) in [7, 11) is 0. The molecule has 0 saturated carbocycles. The number of carbonyl (C=O) groups is 1. The number of nitrogens with zero attached hydrogens (tertiary/aromatic N) is 4. The topological polar surface area (TPSA) is 81.8 Å². The monoisotopic (exact) mass is 501 g/mol. The summed E-state index contributed by atoms with van der Waals surface area (Å²) < 4.78 is 4.16. The number of hydrogen-bond donors (Lipinski definition) is 1. The van der Waals surface area contributed by atoms with Crippen molar-refractivity contribution in [3.63, 3.8) is 0 Å². The van der Waals surface area contributed by atoms with Crippen molar-refractivity contribution in [2.75, 3.05) is 6.54 Å². The first-order valence-corrected chi connectivity index (χ1v) is 11.3. The van der Waals surface area contributed by atoms with Crippen molar-refractivity contribution in [2.45, 2.75) is 13.1 Å². The van der Waals surface area contributed by atoms with Crippen LogP contribution in [0.1, 0.15) is 15.9 Å². The van der Waals surface area contributed by atoms with E-state index in [9.17, 15) is 9.59 Å². The van der Waals surface area contributed by atoms with E-state index >= 15 is 0 Å². The van der Waals surface area contributed by atoms with Crippen molar-refractivity contribution in [1.82, 2.24) is 24.6 Å². The maximum absolute atomic E-state index is 13.1. The van der Waals surface area contributed by atoms with Crippen molar-refractivity contribution in [3.8, 4) is 0 Å². The summed E-state index contributed by atoms with van der Waals surface area (Å²) in [6.07, 6.45) is 3.10. The molecule has 1 amide bonds. The van der Waals surface area contributed by atoms with E-state index in [1.807, 2.05) is 36.4 Å². The van der Waals surface area contributed by atoms with Gasteiger partial charge in [0.25, 0.3) is 11.5 Å². The number of carbonyl (C=O) groups excluding carboxylic acids is 1. The first-order valence-electron chi connectivity index (χ1n) is 10.5. The minimum absolute atomic E-state index is 0.141. The lowest BCUT2D eigenvalue weighted by molar-refractivity contribution is 0.0952. The van der Waals surface area contributed by atoms with Crippen molar-refractivity contribution in [2.24, 2.45) is 0 Å². The van der Waals surface area contributed by atoms with E-state index in [0.717, 1.165) is 20.8 Å². The maximum atomic E-state index is 13.1. The molecular weight excluding hydrogens is 482 g/mol. The number of aromatic nitrogens is 4. The maximum Gasteiger partial charge on any atom is 0.264 e. The highest BCUT2D eigenvalue weighted by Crippen LogP contribution is 2.19. The highest BCUT2D eigenvalue weighted by Gasteiger charge is 2.12. The quantitative estimate of drug-likeness (QED) is 0.381. The molecule has 8 heteroatoms. The molecule has 0 bridgehead atoms. The Morgan fingerprint density at radius 2 is 1.76 bits per heavy atom. The van der Waals surface area contributed by atoms with Gasteiger partial charge in [-0.2, -0.15) is 5.10 Å². The van der Waals surface area contributed by atoms with Gasteiger partial charge in [0, 0.05) is 16.6 Å². The molecule has 2 heterocycles. The van der Waals surface area contributed by atoms with Crippen molar-refractivity contribution >= 4 is 43.6 Å². The second kappa shape index (κ2) is 8.99. The predicted octanol–water partition coefficient (Wildman–Crippen LogP) is 3.99. The van der Waals surface area contributed by atoms with E-state index in [1.165, 1.54) is 0 Å². The number of amides is 1. The molecule has 2 aromatic heterocycles. The van der Waals surface area contributed by atoms with Crippen LogP contribution in [0.2, 0.25) is 0 Å². The number of halogens is 1. The number of hydrogen-bond acceptors (Lipinski definition) is 4. The lowest BCUT2D eigenvalue weighted by atomic mass is 10.0. The molecule has 5 aromatic rings. The fourth-order valence-electron chi connectivity index (χ4n) is 3.87. The number of rotatable bonds is 6. The molecule has 0 saturated heterocycles. The normalized spacial score (nSPS) is 11.2. The molecule has 0 spiro atoms. The zero-order valence-electron chi connectivity index (χ0n) is 17.6. The van der Waals surface area contributed by atoms with E-state index in [4.69, 9.17) is 0 Å². The van der Waals surface area contributed by atoms with Crippen molar-refractivity contribution in [1.29, 1.82) is 0 Å². The SMILES string of the molecule is O=C(NCCn1ncc2c(=O)n(Cc3cccc4ccccc34)cnc21)c1ccc(Br)cc1. The van der Waals surface area contributed by atoms with E-state index in [1.54, 1.807) is 33.9 Å². The molecule has 0 aliphatic heterocycles. The number of nitrogens with one attached hydrogen (secondary N) is 1. The van der Waals surface area contributed by atoms with Crippen LogP contribution in [0.4, 0.5) is 0 Å². The molecule has 0 unspecified atom stereocenters. The molecule has 0 fully saturated rings. The Hall–Kier alpha value is -3.78. The summed E-state index contributed by atoms with van der Waals surface area (Å²) in [5.74, 6) is -0.163. The fraction of sp³-hybridized carbons (Fsp3) is 0.120. The van der Waals surface area contributed by atoms with Crippen LogP contribution in [0.3, 0.4) is 0 Å². The third kappa shape index (κ3) is 4.29. The van der Waals surface area contributed by atoms with Crippen LogP contribution in [0, 0.1) is 0 Å². The van der Waals surface area contributed by atoms with Crippen LogP contribution in [0.5, 0.6) is 0 Å². The summed E-state index contributed by atoms with van der Waals surface area (Å²) in [5, 5.41) is 9.89. The van der Waals surface area contributed by atoms with Crippen LogP contribution in [0.25, 0.3) is 21.8 Å². The molecule has 1 N–H and O–H groups in total. The number of fused-ring (bicyclic) bond motifs is 2. The third-order valence-electron chi connectivity index (χ3n) is 5.56. The Morgan fingerprint density at radius 1 is 0.970 bits per heavy atom. The molecule has 0 aliphatic rings. The van der Waals surface area contributed by atoms with Gasteiger partial charge < -0.3 is 5.32 Å². The minimum Gasteiger partial charge on any atom is -0.350 e. The van der Waals surface area contributed by atoms with Gasteiger partial charge in [-0.3, -0.25) is 14.2 Å². The molecule has 0 radical (unpaired) electrons. The fourth-order valence-corrected chi connectivity index (χ4v) is 4.13. The Kier molecular flexibility index (Phi) is 5.75. The zero-order valence-corrected chi connectivity index (χ0v) is 19.2. The molecule has 7 nitrogen and oxygen atoms in total. The third-order valence-corrected chi connectivity index (χ3v) is 6.09. The van der Waals surface area contributed by atoms with Gasteiger partial charge in [0.15, 0.2) is 5.65 Å². The second-order valence-corrected chi connectivity index (χ2v) is 8.60. The van der Waals surface area contributed by atoms with E-state index in [-0.39, 0.29) is 11.5 Å². The Morgan fingerprint density at radius 3 is 2.61 bits per heavy atom. The van der Waals surface area contributed by atoms with Gasteiger partial charge in [-0.1, -0.05) is 58.4 Å². The van der Waals surface area contributed by atoms with E-state index in [0.29, 0.717) is 36.2 Å². The van der Waals surface area contributed by atoms with Gasteiger partial charge in [-0.05, 0) is 40.6 Å². The first-order chi connectivity index (χ1) is 16.1. The molecule has 0 atom stereocenters. The lowest BCUT2D eigenvalue weighted by Crippen LogP contribution is -2.27. The first kappa shape index (κ1) is 21.1. The Labute approximate surface area is 197 Å². The van der Waals surface area contributed by atoms with Crippen LogP contribution >= 0.6 is 15.9 Å². The average Bonchev–Trinajstić information content (AvgIpc) is 3.25. The van der Waals surface area contributed by atoms with Gasteiger partial charge in [0.2, 0.25) is 0 Å². The summed E-state index contributed by atoms with van der Waals surface area (Å²) in [6.45, 7) is 1.20.